The average Bonchev–Trinajstić information content (AvgIpc) is 3.15. The number of rotatable bonds is 3. The normalized spacial score (nSPS) is 14.4. The van der Waals surface area contributed by atoms with E-state index in [9.17, 15) is 14.0 Å². The van der Waals surface area contributed by atoms with Crippen LogP contribution in [0.3, 0.4) is 0 Å². The summed E-state index contributed by atoms with van der Waals surface area (Å²) in [5, 5.41) is 0. The van der Waals surface area contributed by atoms with E-state index in [-0.39, 0.29) is 17.6 Å². The maximum atomic E-state index is 13.6. The van der Waals surface area contributed by atoms with Crippen molar-refractivity contribution >= 4 is 11.8 Å². The molecule has 0 spiro atoms. The Hall–Kier alpha value is -3.41. The van der Waals surface area contributed by atoms with E-state index in [0.29, 0.717) is 31.7 Å². The molecule has 0 unspecified atom stereocenters. The van der Waals surface area contributed by atoms with Crippen LogP contribution in [0.15, 0.2) is 54.6 Å². The Morgan fingerprint density at radius 1 is 0.824 bits per heavy atom. The molecule has 1 fully saturated rings. The van der Waals surface area contributed by atoms with Crippen LogP contribution < -0.4 is 0 Å². The van der Waals surface area contributed by atoms with Gasteiger partial charge in [0, 0.05) is 43.0 Å². The molecule has 6 heteroatoms. The standard InChI is InChI=1S/C28H32FN3O2/c1-19-6-12-23(13-7-19)32-20(2)24(18-25(32)21-8-10-22(29)11-9-21)26(33)30-14-16-31(17-15-30)27(34)28(3,4)5/h6-13,18H,14-17H2,1-5H3. The quantitative estimate of drug-likeness (QED) is 0.536. The number of carbonyl (C=O) groups excluding carboxylic acids is 2. The van der Waals surface area contributed by atoms with Gasteiger partial charge in [0.05, 0.1) is 11.3 Å². The van der Waals surface area contributed by atoms with Gasteiger partial charge in [-0.1, -0.05) is 38.5 Å². The van der Waals surface area contributed by atoms with Crippen LogP contribution in [0, 0.1) is 25.1 Å². The second-order valence-corrected chi connectivity index (χ2v) is 10.0. The molecule has 0 atom stereocenters. The Balaban J connectivity index is 1.67. The predicted molar refractivity (Wildman–Crippen MR) is 133 cm³/mol. The summed E-state index contributed by atoms with van der Waals surface area (Å²) in [7, 11) is 0. The smallest absolute Gasteiger partial charge is 0.255 e. The zero-order chi connectivity index (χ0) is 24.6. The molecule has 34 heavy (non-hydrogen) atoms. The minimum Gasteiger partial charge on any atom is -0.339 e. The number of nitrogens with zero attached hydrogens (tertiary/aromatic N) is 3. The first-order valence-electron chi connectivity index (χ1n) is 11.7. The van der Waals surface area contributed by atoms with Crippen molar-refractivity contribution in [3.8, 4) is 16.9 Å². The zero-order valence-corrected chi connectivity index (χ0v) is 20.6. The molecule has 0 aliphatic carbocycles. The summed E-state index contributed by atoms with van der Waals surface area (Å²) >= 11 is 0. The first kappa shape index (κ1) is 23.7. The van der Waals surface area contributed by atoms with Crippen LogP contribution in [-0.4, -0.2) is 52.4 Å². The molecular formula is C28H32FN3O2. The molecule has 3 aromatic rings. The highest BCUT2D eigenvalue weighted by Crippen LogP contribution is 2.31. The van der Waals surface area contributed by atoms with Gasteiger partial charge in [-0.25, -0.2) is 4.39 Å². The van der Waals surface area contributed by atoms with Gasteiger partial charge < -0.3 is 14.4 Å². The van der Waals surface area contributed by atoms with Crippen molar-refractivity contribution in [3.05, 3.63) is 77.2 Å². The summed E-state index contributed by atoms with van der Waals surface area (Å²) in [5.74, 6) is -0.234. The van der Waals surface area contributed by atoms with Crippen molar-refractivity contribution in [1.82, 2.24) is 14.4 Å². The van der Waals surface area contributed by atoms with E-state index in [2.05, 4.69) is 4.57 Å². The van der Waals surface area contributed by atoms with Crippen LogP contribution in [0.1, 0.15) is 42.4 Å². The second-order valence-electron chi connectivity index (χ2n) is 10.0. The Labute approximate surface area is 200 Å². The fourth-order valence-corrected chi connectivity index (χ4v) is 4.44. The summed E-state index contributed by atoms with van der Waals surface area (Å²) in [6, 6.07) is 16.4. The van der Waals surface area contributed by atoms with E-state index < -0.39 is 5.41 Å². The van der Waals surface area contributed by atoms with Gasteiger partial charge in [-0.15, -0.1) is 0 Å². The van der Waals surface area contributed by atoms with Crippen LogP contribution in [-0.2, 0) is 4.79 Å². The molecule has 2 amide bonds. The monoisotopic (exact) mass is 461 g/mol. The first-order chi connectivity index (χ1) is 16.1. The number of piperazine rings is 1. The zero-order valence-electron chi connectivity index (χ0n) is 20.6. The molecule has 1 aromatic heterocycles. The lowest BCUT2D eigenvalue weighted by Crippen LogP contribution is -2.53. The summed E-state index contributed by atoms with van der Waals surface area (Å²) in [4.78, 5) is 29.9. The van der Waals surface area contributed by atoms with Crippen molar-refractivity contribution in [3.63, 3.8) is 0 Å². The lowest BCUT2D eigenvalue weighted by molar-refractivity contribution is -0.140. The van der Waals surface area contributed by atoms with Crippen LogP contribution in [0.5, 0.6) is 0 Å². The molecule has 0 bridgehead atoms. The highest BCUT2D eigenvalue weighted by molar-refractivity contribution is 5.97. The number of amides is 2. The molecule has 5 nitrogen and oxygen atoms in total. The summed E-state index contributed by atoms with van der Waals surface area (Å²) in [5.41, 5.74) is 4.80. The van der Waals surface area contributed by atoms with Crippen molar-refractivity contribution in [1.29, 1.82) is 0 Å². The fraction of sp³-hybridized carbons (Fsp3) is 0.357. The largest absolute Gasteiger partial charge is 0.339 e. The molecule has 0 saturated carbocycles. The van der Waals surface area contributed by atoms with Gasteiger partial charge in [-0.05, 0) is 61.9 Å². The van der Waals surface area contributed by atoms with E-state index in [1.807, 2.05) is 74.8 Å². The second kappa shape index (κ2) is 9.09. The molecule has 0 N–H and O–H groups in total. The predicted octanol–water partition coefficient (Wildman–Crippen LogP) is 5.23. The summed E-state index contributed by atoms with van der Waals surface area (Å²) < 4.78 is 15.6. The lowest BCUT2D eigenvalue weighted by atomic mass is 9.94. The number of aromatic nitrogens is 1. The number of hydrogen-bond donors (Lipinski definition) is 0. The molecule has 178 valence electrons. The Kier molecular flexibility index (Phi) is 6.34. The Morgan fingerprint density at radius 3 is 1.94 bits per heavy atom. The van der Waals surface area contributed by atoms with Crippen LogP contribution in [0.4, 0.5) is 4.39 Å². The summed E-state index contributed by atoms with van der Waals surface area (Å²) in [6.07, 6.45) is 0. The maximum absolute atomic E-state index is 13.6. The third-order valence-corrected chi connectivity index (χ3v) is 6.41. The first-order valence-corrected chi connectivity index (χ1v) is 11.7. The number of hydrogen-bond acceptors (Lipinski definition) is 2. The molecule has 4 rings (SSSR count). The van der Waals surface area contributed by atoms with E-state index in [0.717, 1.165) is 28.2 Å². The van der Waals surface area contributed by atoms with Gasteiger partial charge in [0.2, 0.25) is 5.91 Å². The maximum Gasteiger partial charge on any atom is 0.255 e. The highest BCUT2D eigenvalue weighted by Gasteiger charge is 2.32. The van der Waals surface area contributed by atoms with Gasteiger partial charge in [0.15, 0.2) is 0 Å². The van der Waals surface area contributed by atoms with E-state index >= 15 is 0 Å². The third kappa shape index (κ3) is 4.63. The van der Waals surface area contributed by atoms with Gasteiger partial charge in [0.25, 0.3) is 5.91 Å². The third-order valence-electron chi connectivity index (χ3n) is 6.41. The lowest BCUT2D eigenvalue weighted by Gasteiger charge is -2.37. The van der Waals surface area contributed by atoms with E-state index in [1.165, 1.54) is 12.1 Å². The van der Waals surface area contributed by atoms with Gasteiger partial charge in [-0.3, -0.25) is 9.59 Å². The summed E-state index contributed by atoms with van der Waals surface area (Å²) in [6.45, 7) is 11.8. The van der Waals surface area contributed by atoms with E-state index in [1.54, 1.807) is 12.1 Å². The van der Waals surface area contributed by atoms with Crippen molar-refractivity contribution in [2.24, 2.45) is 5.41 Å². The Morgan fingerprint density at radius 2 is 1.38 bits per heavy atom. The molecule has 1 aliphatic rings. The SMILES string of the molecule is Cc1ccc(-n2c(-c3ccc(F)cc3)cc(C(=O)N3CCN(C(=O)C(C)(C)C)CC3)c2C)cc1. The molecule has 0 radical (unpaired) electrons. The number of halogens is 1. The van der Waals surface area contributed by atoms with Crippen molar-refractivity contribution < 1.29 is 14.0 Å². The Bertz CT molecular complexity index is 1200. The van der Waals surface area contributed by atoms with Crippen molar-refractivity contribution in [2.45, 2.75) is 34.6 Å². The van der Waals surface area contributed by atoms with Crippen LogP contribution >= 0.6 is 0 Å². The van der Waals surface area contributed by atoms with Crippen LogP contribution in [0.25, 0.3) is 16.9 Å². The van der Waals surface area contributed by atoms with Gasteiger partial charge in [-0.2, -0.15) is 0 Å². The number of carbonyl (C=O) groups is 2. The highest BCUT2D eigenvalue weighted by atomic mass is 19.1. The number of benzene rings is 2. The van der Waals surface area contributed by atoms with Gasteiger partial charge >= 0.3 is 0 Å². The van der Waals surface area contributed by atoms with Gasteiger partial charge in [0.1, 0.15) is 5.82 Å². The minimum atomic E-state index is -0.432. The fourth-order valence-electron chi connectivity index (χ4n) is 4.44. The van der Waals surface area contributed by atoms with Crippen LogP contribution in [0.2, 0.25) is 0 Å². The average molecular weight is 462 g/mol. The topological polar surface area (TPSA) is 45.6 Å². The minimum absolute atomic E-state index is 0.0467. The number of aryl methyl sites for hydroxylation is 1. The molecule has 2 aromatic carbocycles. The molecule has 2 heterocycles. The molecular weight excluding hydrogens is 429 g/mol. The van der Waals surface area contributed by atoms with Crippen molar-refractivity contribution in [2.75, 3.05) is 26.2 Å². The molecule has 1 aliphatic heterocycles. The molecule has 1 saturated heterocycles. The van der Waals surface area contributed by atoms with E-state index in [4.69, 9.17) is 0 Å².